The molecule has 1 atom stereocenters. The zero-order valence-electron chi connectivity index (χ0n) is 16.1. The lowest BCUT2D eigenvalue weighted by Crippen LogP contribution is -2.34. The van der Waals surface area contributed by atoms with Crippen molar-refractivity contribution in [2.75, 3.05) is 5.32 Å². The van der Waals surface area contributed by atoms with Crippen LogP contribution in [0.25, 0.3) is 11.3 Å². The third-order valence-corrected chi connectivity index (χ3v) is 4.72. The molecule has 0 radical (unpaired) electrons. The van der Waals surface area contributed by atoms with Crippen molar-refractivity contribution in [2.24, 2.45) is 0 Å². The lowest BCUT2D eigenvalue weighted by atomic mass is 10.0. The van der Waals surface area contributed by atoms with Gasteiger partial charge in [0.15, 0.2) is 0 Å². The second-order valence-corrected chi connectivity index (χ2v) is 6.72. The average molecular weight is 379 g/mol. The number of carbonyl (C=O) groups is 1. The molecule has 0 unspecified atom stereocenters. The van der Waals surface area contributed by atoms with Crippen molar-refractivity contribution in [3.8, 4) is 11.3 Å². The minimum absolute atomic E-state index is 0.353. The summed E-state index contributed by atoms with van der Waals surface area (Å²) in [6.07, 6.45) is 0.385. The fraction of sp³-hybridized carbons (Fsp3) is 0.227. The summed E-state index contributed by atoms with van der Waals surface area (Å²) >= 11 is 0. The smallest absolute Gasteiger partial charge is 0.267 e. The summed E-state index contributed by atoms with van der Waals surface area (Å²) in [6, 6.07) is 13.7. The third-order valence-electron chi connectivity index (χ3n) is 4.72. The molecule has 28 heavy (non-hydrogen) atoms. The molecule has 144 valence electrons. The van der Waals surface area contributed by atoms with Crippen molar-refractivity contribution in [3.05, 3.63) is 81.9 Å². The maximum Gasteiger partial charge on any atom is 0.267 e. The molecule has 0 aliphatic carbocycles. The predicted molar refractivity (Wildman–Crippen MR) is 108 cm³/mol. The van der Waals surface area contributed by atoms with Gasteiger partial charge in [-0.15, -0.1) is 0 Å². The van der Waals surface area contributed by atoms with Gasteiger partial charge >= 0.3 is 0 Å². The molecule has 1 amide bonds. The quantitative estimate of drug-likeness (QED) is 0.721. The molecule has 6 heteroatoms. The Bertz CT molecular complexity index is 1060. The number of nitrogens with one attached hydrogen (secondary N) is 1. The van der Waals surface area contributed by atoms with Crippen molar-refractivity contribution >= 4 is 11.6 Å². The lowest BCUT2D eigenvalue weighted by molar-refractivity contribution is -0.119. The van der Waals surface area contributed by atoms with Gasteiger partial charge in [-0.05, 0) is 67.8 Å². The monoisotopic (exact) mass is 379 g/mol. The first kappa shape index (κ1) is 19.5. The Morgan fingerprint density at radius 1 is 1.07 bits per heavy atom. The van der Waals surface area contributed by atoms with Gasteiger partial charge in [-0.25, -0.2) is 9.07 Å². The number of rotatable bonds is 5. The maximum atomic E-state index is 13.1. The van der Waals surface area contributed by atoms with E-state index in [9.17, 15) is 14.0 Å². The number of hydrogen-bond donors (Lipinski definition) is 1. The van der Waals surface area contributed by atoms with Crippen LogP contribution in [0, 0.1) is 19.7 Å². The van der Waals surface area contributed by atoms with Crippen LogP contribution >= 0.6 is 0 Å². The van der Waals surface area contributed by atoms with E-state index in [0.717, 1.165) is 11.1 Å². The number of benzene rings is 2. The Morgan fingerprint density at radius 3 is 2.43 bits per heavy atom. The van der Waals surface area contributed by atoms with E-state index in [4.69, 9.17) is 0 Å². The summed E-state index contributed by atoms with van der Waals surface area (Å²) < 4.78 is 14.3. The van der Waals surface area contributed by atoms with E-state index in [1.165, 1.54) is 40.6 Å². The highest BCUT2D eigenvalue weighted by Gasteiger charge is 2.21. The molecule has 0 saturated heterocycles. The molecule has 0 aliphatic heterocycles. The van der Waals surface area contributed by atoms with E-state index < -0.39 is 6.04 Å². The largest absolute Gasteiger partial charge is 0.324 e. The summed E-state index contributed by atoms with van der Waals surface area (Å²) in [7, 11) is 0. The molecule has 1 N–H and O–H groups in total. The van der Waals surface area contributed by atoms with E-state index >= 15 is 0 Å². The summed E-state index contributed by atoms with van der Waals surface area (Å²) in [4.78, 5) is 25.1. The number of aryl methyl sites for hydroxylation is 2. The van der Waals surface area contributed by atoms with Gasteiger partial charge in [0, 0.05) is 17.3 Å². The zero-order chi connectivity index (χ0) is 20.3. The van der Waals surface area contributed by atoms with Gasteiger partial charge in [0.1, 0.15) is 11.9 Å². The van der Waals surface area contributed by atoms with Crippen LogP contribution in [0.5, 0.6) is 0 Å². The summed E-state index contributed by atoms with van der Waals surface area (Å²) in [5, 5.41) is 7.16. The molecule has 3 aromatic rings. The number of anilines is 1. The number of carbonyl (C=O) groups excluding carboxylic acids is 1. The fourth-order valence-electron chi connectivity index (χ4n) is 2.93. The van der Waals surface area contributed by atoms with Crippen molar-refractivity contribution in [3.63, 3.8) is 0 Å². The fourth-order valence-corrected chi connectivity index (χ4v) is 2.93. The average Bonchev–Trinajstić information content (AvgIpc) is 2.68. The molecule has 1 aromatic heterocycles. The van der Waals surface area contributed by atoms with Gasteiger partial charge in [0.05, 0.1) is 5.69 Å². The Balaban J connectivity index is 1.93. The van der Waals surface area contributed by atoms with Crippen molar-refractivity contribution < 1.29 is 9.18 Å². The van der Waals surface area contributed by atoms with E-state index in [2.05, 4.69) is 10.4 Å². The summed E-state index contributed by atoms with van der Waals surface area (Å²) in [6.45, 7) is 5.85. The minimum atomic E-state index is -0.774. The maximum absolute atomic E-state index is 13.1. The highest BCUT2D eigenvalue weighted by Crippen LogP contribution is 2.21. The Hall–Kier alpha value is -3.28. The van der Waals surface area contributed by atoms with Gasteiger partial charge < -0.3 is 5.32 Å². The lowest BCUT2D eigenvalue weighted by Gasteiger charge is -2.17. The van der Waals surface area contributed by atoms with E-state index in [-0.39, 0.29) is 17.3 Å². The Morgan fingerprint density at radius 2 is 1.79 bits per heavy atom. The normalized spacial score (nSPS) is 11.9. The van der Waals surface area contributed by atoms with Gasteiger partial charge in [0.2, 0.25) is 5.91 Å². The van der Waals surface area contributed by atoms with Gasteiger partial charge in [-0.2, -0.15) is 5.10 Å². The molecule has 0 aliphatic rings. The van der Waals surface area contributed by atoms with Gasteiger partial charge in [-0.3, -0.25) is 9.59 Å². The zero-order valence-corrected chi connectivity index (χ0v) is 16.1. The number of amides is 1. The van der Waals surface area contributed by atoms with Crippen molar-refractivity contribution in [2.45, 2.75) is 33.2 Å². The van der Waals surface area contributed by atoms with E-state index in [1.807, 2.05) is 39.0 Å². The number of hydrogen-bond acceptors (Lipinski definition) is 3. The highest BCUT2D eigenvalue weighted by atomic mass is 19.1. The molecule has 5 nitrogen and oxygen atoms in total. The van der Waals surface area contributed by atoms with Crippen molar-refractivity contribution in [1.29, 1.82) is 0 Å². The van der Waals surface area contributed by atoms with Crippen LogP contribution in [0.3, 0.4) is 0 Å². The van der Waals surface area contributed by atoms with Gasteiger partial charge in [-0.1, -0.05) is 19.1 Å². The predicted octanol–water partition coefficient (Wildman–Crippen LogP) is 4.26. The molecule has 2 aromatic carbocycles. The molecule has 1 heterocycles. The highest BCUT2D eigenvalue weighted by molar-refractivity contribution is 5.93. The molecular weight excluding hydrogens is 357 g/mol. The number of nitrogens with zero attached hydrogens (tertiary/aromatic N) is 2. The Labute approximate surface area is 162 Å². The molecule has 0 saturated carbocycles. The Kier molecular flexibility index (Phi) is 5.68. The van der Waals surface area contributed by atoms with Crippen molar-refractivity contribution in [1.82, 2.24) is 9.78 Å². The minimum Gasteiger partial charge on any atom is -0.324 e. The second kappa shape index (κ2) is 8.17. The molecule has 0 fully saturated rings. The summed E-state index contributed by atoms with van der Waals surface area (Å²) in [5.74, 6) is -0.759. The molecule has 3 rings (SSSR count). The van der Waals surface area contributed by atoms with Crippen LogP contribution in [0.4, 0.5) is 10.1 Å². The topological polar surface area (TPSA) is 64.0 Å². The van der Waals surface area contributed by atoms with E-state index in [1.54, 1.807) is 6.07 Å². The molecule has 0 spiro atoms. The third kappa shape index (κ3) is 4.17. The first-order chi connectivity index (χ1) is 13.4. The van der Waals surface area contributed by atoms with Crippen LogP contribution < -0.4 is 10.9 Å². The van der Waals surface area contributed by atoms with Crippen LogP contribution in [-0.4, -0.2) is 15.7 Å². The first-order valence-corrected chi connectivity index (χ1v) is 9.13. The van der Waals surface area contributed by atoms with Crippen LogP contribution in [-0.2, 0) is 4.79 Å². The van der Waals surface area contributed by atoms with E-state index in [0.29, 0.717) is 17.8 Å². The first-order valence-electron chi connectivity index (χ1n) is 9.13. The van der Waals surface area contributed by atoms with Gasteiger partial charge in [0.25, 0.3) is 5.56 Å². The van der Waals surface area contributed by atoms with Crippen LogP contribution in [0.15, 0.2) is 59.4 Å². The van der Waals surface area contributed by atoms with Crippen LogP contribution in [0.2, 0.25) is 0 Å². The second-order valence-electron chi connectivity index (χ2n) is 6.72. The number of halogens is 1. The summed E-state index contributed by atoms with van der Waals surface area (Å²) in [5.41, 5.74) is 3.90. The standard InChI is InChI=1S/C22H22FN3O2/c1-4-20(22(28)24-18-9-7-17(23)8-10-18)26-21(27)12-11-19(25-26)16-6-5-14(2)15(3)13-16/h5-13,20H,4H2,1-3H3,(H,24,28)/t20-/m1/s1. The molecular formula is C22H22FN3O2. The molecule has 0 bridgehead atoms. The SMILES string of the molecule is CC[C@H](C(=O)Nc1ccc(F)cc1)n1nc(-c2ccc(C)c(C)c2)ccc1=O. The van der Waals surface area contributed by atoms with Crippen LogP contribution in [0.1, 0.15) is 30.5 Å². The number of aromatic nitrogens is 2.